The number of hydrogen-bond acceptors (Lipinski definition) is 4. The summed E-state index contributed by atoms with van der Waals surface area (Å²) in [6.45, 7) is 4.90. The van der Waals surface area contributed by atoms with Crippen molar-refractivity contribution in [1.82, 2.24) is 10.2 Å². The first kappa shape index (κ1) is 23.6. The summed E-state index contributed by atoms with van der Waals surface area (Å²) in [7, 11) is 0. The molecule has 0 aromatic heterocycles. The highest BCUT2D eigenvalue weighted by molar-refractivity contribution is 14.1. The summed E-state index contributed by atoms with van der Waals surface area (Å²) < 4.78 is 12.8. The molecule has 0 bridgehead atoms. The molecule has 6 nitrogen and oxygen atoms in total. The predicted molar refractivity (Wildman–Crippen MR) is 136 cm³/mol. The van der Waals surface area contributed by atoms with E-state index in [-0.39, 0.29) is 18.0 Å². The lowest BCUT2D eigenvalue weighted by molar-refractivity contribution is -0.124. The molecule has 174 valence electrons. The van der Waals surface area contributed by atoms with Gasteiger partial charge in [-0.3, -0.25) is 9.69 Å². The Balaban J connectivity index is 1.55. The number of benzene rings is 2. The van der Waals surface area contributed by atoms with Gasteiger partial charge in [0.1, 0.15) is 12.3 Å². The van der Waals surface area contributed by atoms with E-state index in [0.717, 1.165) is 40.4 Å². The number of ether oxygens (including phenoxy) is 2. The largest absolute Gasteiger partial charge is 0.490 e. The van der Waals surface area contributed by atoms with Crippen LogP contribution < -0.4 is 14.8 Å². The Kier molecular flexibility index (Phi) is 7.57. The third-order valence-corrected chi connectivity index (χ3v) is 6.80. The lowest BCUT2D eigenvalue weighted by atomic mass is 9.94. The molecule has 4 rings (SSSR count). The molecule has 2 aliphatic rings. The minimum atomic E-state index is -0.323. The zero-order valence-corrected chi connectivity index (χ0v) is 21.2. The molecular formula is C26H29IN2O4. The number of amides is 3. The van der Waals surface area contributed by atoms with E-state index in [9.17, 15) is 9.59 Å². The molecule has 1 saturated heterocycles. The SMILES string of the molecule is CCOc1cc(/C=C2\NC(=O)N(C3CCCCC3)C2=O)cc(I)c1OCc1ccc(C)cc1. The molecule has 1 aliphatic carbocycles. The Morgan fingerprint density at radius 3 is 2.52 bits per heavy atom. The van der Waals surface area contributed by atoms with Crippen LogP contribution in [0.1, 0.15) is 55.7 Å². The van der Waals surface area contributed by atoms with E-state index in [2.05, 4.69) is 47.0 Å². The summed E-state index contributed by atoms with van der Waals surface area (Å²) in [6.07, 6.45) is 6.76. The van der Waals surface area contributed by atoms with Gasteiger partial charge in [-0.25, -0.2) is 4.79 Å². The fraction of sp³-hybridized carbons (Fsp3) is 0.385. The number of halogens is 1. The minimum absolute atomic E-state index is 0.00572. The number of carbonyl (C=O) groups excluding carboxylic acids is 2. The number of imide groups is 1. The van der Waals surface area contributed by atoms with Gasteiger partial charge in [-0.15, -0.1) is 0 Å². The summed E-state index contributed by atoms with van der Waals surface area (Å²) in [5.74, 6) is 1.04. The van der Waals surface area contributed by atoms with Crippen molar-refractivity contribution in [2.24, 2.45) is 0 Å². The van der Waals surface area contributed by atoms with Crippen LogP contribution in [0.15, 0.2) is 42.1 Å². The molecule has 2 fully saturated rings. The van der Waals surface area contributed by atoms with E-state index < -0.39 is 0 Å². The lowest BCUT2D eigenvalue weighted by Crippen LogP contribution is -2.41. The number of carbonyl (C=O) groups is 2. The Labute approximate surface area is 208 Å². The van der Waals surface area contributed by atoms with E-state index in [4.69, 9.17) is 9.47 Å². The second-order valence-electron chi connectivity index (χ2n) is 8.49. The topological polar surface area (TPSA) is 67.9 Å². The number of urea groups is 1. The smallest absolute Gasteiger partial charge is 0.329 e. The van der Waals surface area contributed by atoms with Gasteiger partial charge >= 0.3 is 6.03 Å². The fourth-order valence-corrected chi connectivity index (χ4v) is 5.08. The molecule has 2 aromatic rings. The molecule has 0 spiro atoms. The van der Waals surface area contributed by atoms with Gasteiger partial charge in [-0.2, -0.15) is 0 Å². The minimum Gasteiger partial charge on any atom is -0.490 e. The molecule has 0 unspecified atom stereocenters. The molecule has 1 aliphatic heterocycles. The van der Waals surface area contributed by atoms with E-state index in [1.54, 1.807) is 6.08 Å². The summed E-state index contributed by atoms with van der Waals surface area (Å²) >= 11 is 2.22. The first-order chi connectivity index (χ1) is 16.0. The first-order valence-electron chi connectivity index (χ1n) is 11.5. The number of hydrogen-bond donors (Lipinski definition) is 1. The zero-order valence-electron chi connectivity index (χ0n) is 19.0. The molecule has 7 heteroatoms. The van der Waals surface area contributed by atoms with Crippen molar-refractivity contribution in [3.05, 3.63) is 62.4 Å². The quantitative estimate of drug-likeness (QED) is 0.264. The van der Waals surface area contributed by atoms with Crippen LogP contribution in [0.4, 0.5) is 4.79 Å². The highest BCUT2D eigenvalue weighted by atomic mass is 127. The van der Waals surface area contributed by atoms with E-state index in [1.807, 2.05) is 31.2 Å². The number of nitrogens with one attached hydrogen (secondary N) is 1. The molecular weight excluding hydrogens is 531 g/mol. The maximum Gasteiger partial charge on any atom is 0.329 e. The standard InChI is InChI=1S/C26H29IN2O4/c1-3-32-23-15-19(13-21(27)24(23)33-16-18-11-9-17(2)10-12-18)14-22-25(30)29(26(31)28-22)20-7-5-4-6-8-20/h9-15,20H,3-8,16H2,1-2H3,(H,28,31)/b22-14-. The van der Waals surface area contributed by atoms with Crippen LogP contribution >= 0.6 is 22.6 Å². The molecule has 1 saturated carbocycles. The number of aryl methyl sites for hydroxylation is 1. The molecule has 33 heavy (non-hydrogen) atoms. The number of rotatable bonds is 7. The van der Waals surface area contributed by atoms with Crippen LogP contribution in [0.5, 0.6) is 11.5 Å². The molecule has 1 N–H and O–H groups in total. The third kappa shape index (κ3) is 5.51. The summed E-state index contributed by atoms with van der Waals surface area (Å²) in [5.41, 5.74) is 3.36. The van der Waals surface area contributed by atoms with Gasteiger partial charge in [0, 0.05) is 6.04 Å². The normalized spacial score (nSPS) is 18.0. The van der Waals surface area contributed by atoms with Gasteiger partial charge in [-0.05, 0) is 78.6 Å². The van der Waals surface area contributed by atoms with E-state index in [0.29, 0.717) is 30.4 Å². The van der Waals surface area contributed by atoms with Crippen LogP contribution in [0, 0.1) is 10.5 Å². The highest BCUT2D eigenvalue weighted by Gasteiger charge is 2.39. The Bertz CT molecular complexity index is 1060. The molecule has 1 heterocycles. The van der Waals surface area contributed by atoms with Gasteiger partial charge in [0.25, 0.3) is 5.91 Å². The maximum atomic E-state index is 13.0. The zero-order chi connectivity index (χ0) is 23.4. The molecule has 2 aromatic carbocycles. The third-order valence-electron chi connectivity index (χ3n) is 6.00. The summed E-state index contributed by atoms with van der Waals surface area (Å²) in [4.78, 5) is 26.9. The predicted octanol–water partition coefficient (Wildman–Crippen LogP) is 5.80. The van der Waals surface area contributed by atoms with Crippen molar-refractivity contribution in [2.75, 3.05) is 6.61 Å². The van der Waals surface area contributed by atoms with Gasteiger partial charge < -0.3 is 14.8 Å². The van der Waals surface area contributed by atoms with Gasteiger partial charge in [-0.1, -0.05) is 49.1 Å². The van der Waals surface area contributed by atoms with E-state index >= 15 is 0 Å². The molecule has 0 radical (unpaired) electrons. The van der Waals surface area contributed by atoms with Crippen LogP contribution in [-0.4, -0.2) is 29.5 Å². The Morgan fingerprint density at radius 2 is 1.82 bits per heavy atom. The van der Waals surface area contributed by atoms with Crippen molar-refractivity contribution in [2.45, 2.75) is 58.6 Å². The van der Waals surface area contributed by atoms with Crippen molar-refractivity contribution in [3.63, 3.8) is 0 Å². The van der Waals surface area contributed by atoms with Gasteiger partial charge in [0.15, 0.2) is 11.5 Å². The average Bonchev–Trinajstić information content (AvgIpc) is 3.08. The lowest BCUT2D eigenvalue weighted by Gasteiger charge is -2.28. The fourth-order valence-electron chi connectivity index (χ4n) is 4.30. The first-order valence-corrected chi connectivity index (χ1v) is 12.5. The van der Waals surface area contributed by atoms with Crippen molar-refractivity contribution >= 4 is 40.6 Å². The second kappa shape index (κ2) is 10.6. The Hall–Kier alpha value is -2.55. The van der Waals surface area contributed by atoms with Gasteiger partial charge in [0.05, 0.1) is 10.2 Å². The van der Waals surface area contributed by atoms with Crippen molar-refractivity contribution < 1.29 is 19.1 Å². The monoisotopic (exact) mass is 560 g/mol. The average molecular weight is 560 g/mol. The maximum absolute atomic E-state index is 13.0. The van der Waals surface area contributed by atoms with Crippen LogP contribution in [-0.2, 0) is 11.4 Å². The number of nitrogens with zero attached hydrogens (tertiary/aromatic N) is 1. The summed E-state index contributed by atoms with van der Waals surface area (Å²) in [6, 6.07) is 11.7. The Morgan fingerprint density at radius 1 is 1.09 bits per heavy atom. The van der Waals surface area contributed by atoms with Crippen molar-refractivity contribution in [3.8, 4) is 11.5 Å². The second-order valence-corrected chi connectivity index (χ2v) is 9.65. The highest BCUT2D eigenvalue weighted by Crippen LogP contribution is 2.36. The van der Waals surface area contributed by atoms with Crippen molar-refractivity contribution in [1.29, 1.82) is 0 Å². The van der Waals surface area contributed by atoms with Crippen LogP contribution in [0.3, 0.4) is 0 Å². The van der Waals surface area contributed by atoms with Crippen LogP contribution in [0.25, 0.3) is 6.08 Å². The molecule has 3 amide bonds. The van der Waals surface area contributed by atoms with Crippen LogP contribution in [0.2, 0.25) is 0 Å². The summed E-state index contributed by atoms with van der Waals surface area (Å²) in [5, 5.41) is 2.76. The molecule has 0 atom stereocenters. The van der Waals surface area contributed by atoms with Gasteiger partial charge in [0.2, 0.25) is 0 Å². The van der Waals surface area contributed by atoms with E-state index in [1.165, 1.54) is 16.9 Å².